The van der Waals surface area contributed by atoms with Gasteiger partial charge >= 0.3 is 0 Å². The van der Waals surface area contributed by atoms with Crippen molar-refractivity contribution in [1.82, 2.24) is 4.90 Å². The number of rotatable bonds is 3. The second-order valence-corrected chi connectivity index (χ2v) is 4.15. The molecule has 0 saturated carbocycles. The zero-order valence-electron chi connectivity index (χ0n) is 8.08. The molecular weight excluding hydrogens is 232 g/mol. The van der Waals surface area contributed by atoms with Crippen LogP contribution in [0.3, 0.4) is 0 Å². The van der Waals surface area contributed by atoms with Gasteiger partial charge in [-0.2, -0.15) is 0 Å². The molecule has 0 atom stereocenters. The van der Waals surface area contributed by atoms with Crippen molar-refractivity contribution in [3.05, 3.63) is 0 Å². The lowest BCUT2D eigenvalue weighted by atomic mass is 10.1. The SMILES string of the molecule is OCCC[N+]12CCN(CC1)CC2.[Br-]. The number of halogens is 1. The Bertz CT molecular complexity index is 144. The maximum Gasteiger partial charge on any atom is 0.0916 e. The summed E-state index contributed by atoms with van der Waals surface area (Å²) in [6.45, 7) is 9.37. The van der Waals surface area contributed by atoms with Gasteiger partial charge in [-0.15, -0.1) is 0 Å². The van der Waals surface area contributed by atoms with Crippen LogP contribution in [0.5, 0.6) is 0 Å². The normalized spacial score (nSPS) is 37.2. The molecule has 0 aromatic rings. The van der Waals surface area contributed by atoms with Crippen LogP contribution in [-0.4, -0.2) is 66.9 Å². The van der Waals surface area contributed by atoms with Crippen LogP contribution < -0.4 is 17.0 Å². The molecule has 3 rings (SSSR count). The van der Waals surface area contributed by atoms with Crippen LogP contribution in [0.4, 0.5) is 0 Å². The van der Waals surface area contributed by atoms with Crippen molar-refractivity contribution < 1.29 is 26.6 Å². The average Bonchev–Trinajstić information content (AvgIpc) is 2.18. The molecule has 0 amide bonds. The Morgan fingerprint density at radius 2 is 1.62 bits per heavy atom. The second-order valence-electron chi connectivity index (χ2n) is 4.15. The molecule has 1 N–H and O–H groups in total. The molecule has 3 saturated heterocycles. The molecule has 0 aromatic heterocycles. The third-order valence-corrected chi connectivity index (χ3v) is 3.46. The number of hydrogen-bond acceptors (Lipinski definition) is 2. The largest absolute Gasteiger partial charge is 1.00 e. The van der Waals surface area contributed by atoms with Crippen molar-refractivity contribution in [2.75, 3.05) is 52.4 Å². The summed E-state index contributed by atoms with van der Waals surface area (Å²) in [7, 11) is 0. The van der Waals surface area contributed by atoms with E-state index in [0.717, 1.165) is 6.42 Å². The van der Waals surface area contributed by atoms with Crippen LogP contribution >= 0.6 is 0 Å². The Morgan fingerprint density at radius 3 is 2.08 bits per heavy atom. The Hall–Kier alpha value is 0.360. The summed E-state index contributed by atoms with van der Waals surface area (Å²) in [4.78, 5) is 2.55. The van der Waals surface area contributed by atoms with E-state index < -0.39 is 0 Å². The van der Waals surface area contributed by atoms with Crippen molar-refractivity contribution in [2.24, 2.45) is 0 Å². The Kier molecular flexibility index (Phi) is 4.16. The van der Waals surface area contributed by atoms with Crippen LogP contribution in [-0.2, 0) is 0 Å². The van der Waals surface area contributed by atoms with Gasteiger partial charge in [-0.05, 0) is 0 Å². The van der Waals surface area contributed by atoms with E-state index in [1.165, 1.54) is 50.3 Å². The molecular formula is C9H19BrN2O. The number of quaternary nitrogens is 1. The van der Waals surface area contributed by atoms with E-state index in [0.29, 0.717) is 6.61 Å². The molecule has 3 heterocycles. The summed E-state index contributed by atoms with van der Waals surface area (Å²) in [5, 5.41) is 8.80. The van der Waals surface area contributed by atoms with Gasteiger partial charge in [0, 0.05) is 32.7 Å². The fourth-order valence-corrected chi connectivity index (χ4v) is 2.47. The van der Waals surface area contributed by atoms with Crippen molar-refractivity contribution in [3.8, 4) is 0 Å². The van der Waals surface area contributed by atoms with E-state index in [-0.39, 0.29) is 17.0 Å². The van der Waals surface area contributed by atoms with Gasteiger partial charge in [0.2, 0.25) is 0 Å². The van der Waals surface area contributed by atoms with Gasteiger partial charge in [0.1, 0.15) is 0 Å². The molecule has 0 aliphatic carbocycles. The summed E-state index contributed by atoms with van der Waals surface area (Å²) in [5.74, 6) is 0. The van der Waals surface area contributed by atoms with Gasteiger partial charge in [0.25, 0.3) is 0 Å². The van der Waals surface area contributed by atoms with Crippen molar-refractivity contribution in [1.29, 1.82) is 0 Å². The van der Waals surface area contributed by atoms with Crippen LogP contribution in [0.1, 0.15) is 6.42 Å². The van der Waals surface area contributed by atoms with Crippen molar-refractivity contribution in [2.45, 2.75) is 6.42 Å². The highest BCUT2D eigenvalue weighted by atomic mass is 79.9. The number of aliphatic hydroxyl groups excluding tert-OH is 1. The monoisotopic (exact) mass is 250 g/mol. The molecule has 0 radical (unpaired) electrons. The zero-order chi connectivity index (χ0) is 8.44. The highest BCUT2D eigenvalue weighted by Crippen LogP contribution is 2.19. The Morgan fingerprint density at radius 1 is 1.08 bits per heavy atom. The highest BCUT2D eigenvalue weighted by Gasteiger charge is 2.37. The summed E-state index contributed by atoms with van der Waals surface area (Å²) >= 11 is 0. The molecule has 4 heteroatoms. The molecule has 0 unspecified atom stereocenters. The van der Waals surface area contributed by atoms with Crippen molar-refractivity contribution >= 4 is 0 Å². The van der Waals surface area contributed by atoms with E-state index >= 15 is 0 Å². The van der Waals surface area contributed by atoms with Gasteiger partial charge < -0.3 is 26.6 Å². The van der Waals surface area contributed by atoms with Crippen LogP contribution in [0.2, 0.25) is 0 Å². The lowest BCUT2D eigenvalue weighted by molar-refractivity contribution is -0.941. The quantitative estimate of drug-likeness (QED) is 0.527. The predicted molar refractivity (Wildman–Crippen MR) is 47.9 cm³/mol. The molecule has 0 spiro atoms. The van der Waals surface area contributed by atoms with Gasteiger partial charge in [-0.1, -0.05) is 0 Å². The minimum Gasteiger partial charge on any atom is -1.00 e. The lowest BCUT2D eigenvalue weighted by Gasteiger charge is -2.50. The molecule has 3 aliphatic heterocycles. The standard InChI is InChI=1S/C9H19N2O.BrH/c12-9-1-5-11-6-2-10(3-7-11)4-8-11;/h12H,1-9H2;1H/q+1;/p-1. The third kappa shape index (κ3) is 2.43. The minimum absolute atomic E-state index is 0. The first-order chi connectivity index (χ1) is 5.85. The fraction of sp³-hybridized carbons (Fsp3) is 1.00. The summed E-state index contributed by atoms with van der Waals surface area (Å²) in [6, 6.07) is 0. The molecule has 3 aliphatic rings. The zero-order valence-corrected chi connectivity index (χ0v) is 9.67. The lowest BCUT2D eigenvalue weighted by Crippen LogP contribution is -3.00. The minimum atomic E-state index is 0. The van der Waals surface area contributed by atoms with Gasteiger partial charge in [0.15, 0.2) is 0 Å². The molecule has 3 nitrogen and oxygen atoms in total. The number of hydrogen-bond donors (Lipinski definition) is 1. The highest BCUT2D eigenvalue weighted by molar-refractivity contribution is 4.70. The van der Waals surface area contributed by atoms with Gasteiger partial charge in [-0.25, -0.2) is 0 Å². The maximum atomic E-state index is 8.80. The Labute approximate surface area is 90.7 Å². The van der Waals surface area contributed by atoms with E-state index in [1.54, 1.807) is 0 Å². The first-order valence-electron chi connectivity index (χ1n) is 5.03. The summed E-state index contributed by atoms with van der Waals surface area (Å²) in [6.07, 6.45) is 0.986. The number of fused-ring (bicyclic) bond motifs is 3. The van der Waals surface area contributed by atoms with Gasteiger partial charge in [0.05, 0.1) is 26.2 Å². The number of nitrogens with zero attached hydrogens (tertiary/aromatic N) is 2. The summed E-state index contributed by atoms with van der Waals surface area (Å²) < 4.78 is 1.29. The summed E-state index contributed by atoms with van der Waals surface area (Å²) in [5.41, 5.74) is 0. The van der Waals surface area contributed by atoms with Crippen molar-refractivity contribution in [3.63, 3.8) is 0 Å². The van der Waals surface area contributed by atoms with Crippen LogP contribution in [0.15, 0.2) is 0 Å². The third-order valence-electron chi connectivity index (χ3n) is 3.46. The van der Waals surface area contributed by atoms with E-state index in [9.17, 15) is 0 Å². The average molecular weight is 251 g/mol. The fourth-order valence-electron chi connectivity index (χ4n) is 2.47. The molecule has 78 valence electrons. The maximum absolute atomic E-state index is 8.80. The topological polar surface area (TPSA) is 23.5 Å². The molecule has 3 fully saturated rings. The van der Waals surface area contributed by atoms with E-state index in [4.69, 9.17) is 5.11 Å². The first kappa shape index (κ1) is 11.4. The van der Waals surface area contributed by atoms with Crippen LogP contribution in [0, 0.1) is 0 Å². The molecule has 2 bridgehead atoms. The number of aliphatic hydroxyl groups is 1. The molecule has 13 heavy (non-hydrogen) atoms. The Balaban J connectivity index is 0.000000845. The predicted octanol–water partition coefficient (Wildman–Crippen LogP) is -3.48. The van der Waals surface area contributed by atoms with Gasteiger partial charge in [-0.3, -0.25) is 4.90 Å². The first-order valence-corrected chi connectivity index (χ1v) is 5.03. The van der Waals surface area contributed by atoms with Crippen LogP contribution in [0.25, 0.3) is 0 Å². The smallest absolute Gasteiger partial charge is 0.0916 e. The second kappa shape index (κ2) is 4.73. The van der Waals surface area contributed by atoms with E-state index in [2.05, 4.69) is 4.90 Å². The molecule has 0 aromatic carbocycles. The van der Waals surface area contributed by atoms with E-state index in [1.807, 2.05) is 0 Å². The number of piperazine rings is 3.